The van der Waals surface area contributed by atoms with Crippen LogP contribution >= 0.6 is 0 Å². The van der Waals surface area contributed by atoms with Crippen LogP contribution in [0.3, 0.4) is 0 Å². The quantitative estimate of drug-likeness (QED) is 0.367. The van der Waals surface area contributed by atoms with Crippen LogP contribution in [0.25, 0.3) is 0 Å². The molecule has 1 N–H and O–H groups in total. The predicted octanol–water partition coefficient (Wildman–Crippen LogP) is 4.93. The number of rotatable bonds is 4. The zero-order chi connectivity index (χ0) is 18.7. The summed E-state index contributed by atoms with van der Waals surface area (Å²) in [6, 6.07) is 12.2. The van der Waals surface area contributed by atoms with Crippen molar-refractivity contribution >= 4 is 5.84 Å². The highest BCUT2D eigenvalue weighted by Gasteiger charge is 2.27. The Labute approximate surface area is 155 Å². The number of hydrogen-bond donors (Lipinski definition) is 1. The van der Waals surface area contributed by atoms with Crippen molar-refractivity contribution < 1.29 is 9.94 Å². The summed E-state index contributed by atoms with van der Waals surface area (Å²) in [5.41, 5.74) is 2.78. The van der Waals surface area contributed by atoms with Crippen molar-refractivity contribution in [2.45, 2.75) is 52.5 Å². The van der Waals surface area contributed by atoms with E-state index in [1.54, 1.807) is 0 Å². The Bertz CT molecular complexity index is 802. The molecule has 0 saturated carbocycles. The normalized spacial score (nSPS) is 17.8. The molecule has 1 aromatic carbocycles. The van der Waals surface area contributed by atoms with E-state index in [0.29, 0.717) is 29.2 Å². The third-order valence-corrected chi connectivity index (χ3v) is 4.90. The van der Waals surface area contributed by atoms with Gasteiger partial charge in [-0.05, 0) is 62.4 Å². The zero-order valence-electron chi connectivity index (χ0n) is 15.9. The number of ether oxygens (including phenoxy) is 1. The Balaban J connectivity index is 1.97. The van der Waals surface area contributed by atoms with Crippen LogP contribution in [-0.4, -0.2) is 33.5 Å². The minimum absolute atomic E-state index is 0.333. The Morgan fingerprint density at radius 1 is 1.31 bits per heavy atom. The molecule has 2 aromatic rings. The van der Waals surface area contributed by atoms with Crippen molar-refractivity contribution in [3.05, 3.63) is 53.2 Å². The number of benzene rings is 1. The summed E-state index contributed by atoms with van der Waals surface area (Å²) in [7, 11) is 0. The van der Waals surface area contributed by atoms with Crippen molar-refractivity contribution in [1.29, 1.82) is 0 Å². The molecule has 0 spiro atoms. The number of likely N-dealkylation sites (tertiary alicyclic amines) is 1. The molecule has 1 aromatic heterocycles. The molecule has 1 saturated heterocycles. The minimum Gasteiger partial charge on any atom is -0.438 e. The summed E-state index contributed by atoms with van der Waals surface area (Å²) >= 11 is 0. The first kappa shape index (κ1) is 18.2. The van der Waals surface area contributed by atoms with Gasteiger partial charge in [0.15, 0.2) is 5.84 Å². The minimum atomic E-state index is 0.333. The first-order valence-electron chi connectivity index (χ1n) is 9.24. The predicted molar refractivity (Wildman–Crippen MR) is 103 cm³/mol. The molecule has 1 unspecified atom stereocenters. The van der Waals surface area contributed by atoms with Gasteiger partial charge in [-0.25, -0.2) is 4.98 Å². The molecule has 0 radical (unpaired) electrons. The van der Waals surface area contributed by atoms with E-state index in [1.807, 2.05) is 37.3 Å². The lowest BCUT2D eigenvalue weighted by molar-refractivity contribution is 0.298. The topological polar surface area (TPSA) is 58.0 Å². The molecular formula is C21H27N3O2. The van der Waals surface area contributed by atoms with Crippen LogP contribution < -0.4 is 4.74 Å². The molecule has 1 aliphatic heterocycles. The highest BCUT2D eigenvalue weighted by molar-refractivity contribution is 6.00. The van der Waals surface area contributed by atoms with Crippen LogP contribution in [0.1, 0.15) is 56.4 Å². The summed E-state index contributed by atoms with van der Waals surface area (Å²) in [5.74, 6) is 2.15. The van der Waals surface area contributed by atoms with Crippen LogP contribution in [0.2, 0.25) is 0 Å². The maximum Gasteiger partial charge on any atom is 0.230 e. The second kappa shape index (κ2) is 7.77. The average Bonchev–Trinajstić information content (AvgIpc) is 3.03. The maximum atomic E-state index is 9.70. The van der Waals surface area contributed by atoms with Gasteiger partial charge in [-0.2, -0.15) is 0 Å². The van der Waals surface area contributed by atoms with Crippen LogP contribution in [0.5, 0.6) is 11.6 Å². The highest BCUT2D eigenvalue weighted by atomic mass is 16.5. The number of aromatic nitrogens is 1. The van der Waals surface area contributed by atoms with Crippen molar-refractivity contribution in [2.24, 2.45) is 5.16 Å². The van der Waals surface area contributed by atoms with Gasteiger partial charge >= 0.3 is 0 Å². The van der Waals surface area contributed by atoms with Crippen molar-refractivity contribution in [3.63, 3.8) is 0 Å². The molecule has 0 bridgehead atoms. The van der Waals surface area contributed by atoms with Crippen LogP contribution in [-0.2, 0) is 0 Å². The molecule has 5 heteroatoms. The van der Waals surface area contributed by atoms with Crippen molar-refractivity contribution in [1.82, 2.24) is 9.88 Å². The van der Waals surface area contributed by atoms with Gasteiger partial charge in [-0.3, -0.25) is 0 Å². The second-order valence-electron chi connectivity index (χ2n) is 7.24. The van der Waals surface area contributed by atoms with Crippen LogP contribution in [0.15, 0.2) is 41.6 Å². The summed E-state index contributed by atoms with van der Waals surface area (Å²) in [5, 5.41) is 13.3. The molecule has 0 aliphatic carbocycles. The van der Waals surface area contributed by atoms with E-state index in [0.717, 1.165) is 30.8 Å². The van der Waals surface area contributed by atoms with Gasteiger partial charge < -0.3 is 14.8 Å². The van der Waals surface area contributed by atoms with E-state index in [4.69, 9.17) is 4.74 Å². The summed E-state index contributed by atoms with van der Waals surface area (Å²) < 4.78 is 6.13. The highest BCUT2D eigenvalue weighted by Crippen LogP contribution is 2.29. The molecular weight excluding hydrogens is 326 g/mol. The van der Waals surface area contributed by atoms with E-state index in [1.165, 1.54) is 5.56 Å². The Hall–Kier alpha value is -2.56. The van der Waals surface area contributed by atoms with Gasteiger partial charge in [0.25, 0.3) is 0 Å². The molecule has 5 nitrogen and oxygen atoms in total. The number of aryl methyl sites for hydroxylation is 1. The Morgan fingerprint density at radius 2 is 2.12 bits per heavy atom. The summed E-state index contributed by atoms with van der Waals surface area (Å²) in [6.45, 7) is 9.25. The third-order valence-electron chi connectivity index (χ3n) is 4.90. The third kappa shape index (κ3) is 3.82. The van der Waals surface area contributed by atoms with Gasteiger partial charge in [-0.1, -0.05) is 31.1 Å². The number of amidine groups is 1. The number of nitrogens with zero attached hydrogens (tertiary/aromatic N) is 3. The Morgan fingerprint density at radius 3 is 2.77 bits per heavy atom. The number of pyridine rings is 1. The summed E-state index contributed by atoms with van der Waals surface area (Å²) in [4.78, 5) is 6.68. The molecule has 2 heterocycles. The van der Waals surface area contributed by atoms with E-state index in [9.17, 15) is 5.21 Å². The fraction of sp³-hybridized carbons (Fsp3) is 0.429. The fourth-order valence-corrected chi connectivity index (χ4v) is 3.34. The molecule has 1 aliphatic rings. The van der Waals surface area contributed by atoms with Gasteiger partial charge in [0.1, 0.15) is 5.75 Å². The van der Waals surface area contributed by atoms with E-state index >= 15 is 0 Å². The van der Waals surface area contributed by atoms with Gasteiger partial charge in [-0.15, -0.1) is 0 Å². The smallest absolute Gasteiger partial charge is 0.230 e. The molecule has 1 atom stereocenters. The summed E-state index contributed by atoms with van der Waals surface area (Å²) in [6.07, 6.45) is 2.18. The molecule has 3 rings (SSSR count). The SMILES string of the molecule is Cc1ccc(/C(=N/O)N2CCCC2C)c(Oc2cccc(C(C)C)c2)n1. The van der Waals surface area contributed by atoms with Gasteiger partial charge in [0.2, 0.25) is 5.88 Å². The first-order valence-corrected chi connectivity index (χ1v) is 9.24. The Kier molecular flexibility index (Phi) is 5.45. The molecule has 138 valence electrons. The lowest BCUT2D eigenvalue weighted by atomic mass is 10.0. The fourth-order valence-electron chi connectivity index (χ4n) is 3.34. The number of hydrogen-bond acceptors (Lipinski definition) is 4. The standard InChI is InChI=1S/C21H27N3O2/c1-14(2)17-8-5-9-18(13-17)26-21-19(11-10-15(3)22-21)20(23-25)24-12-6-7-16(24)4/h5,8-11,13-14,16,25H,6-7,12H2,1-4H3/b23-20-. The number of oxime groups is 1. The zero-order valence-corrected chi connectivity index (χ0v) is 15.9. The van der Waals surface area contributed by atoms with Crippen LogP contribution in [0.4, 0.5) is 0 Å². The lowest BCUT2D eigenvalue weighted by Crippen LogP contribution is -2.34. The van der Waals surface area contributed by atoms with E-state index in [-0.39, 0.29) is 0 Å². The molecule has 1 fully saturated rings. The van der Waals surface area contributed by atoms with Crippen molar-refractivity contribution in [2.75, 3.05) is 6.54 Å². The molecule has 26 heavy (non-hydrogen) atoms. The van der Waals surface area contributed by atoms with Gasteiger partial charge in [0.05, 0.1) is 5.56 Å². The largest absolute Gasteiger partial charge is 0.438 e. The maximum absolute atomic E-state index is 9.70. The van der Waals surface area contributed by atoms with Gasteiger partial charge in [0, 0.05) is 18.3 Å². The second-order valence-corrected chi connectivity index (χ2v) is 7.24. The van der Waals surface area contributed by atoms with E-state index in [2.05, 4.69) is 41.9 Å². The monoisotopic (exact) mass is 353 g/mol. The van der Waals surface area contributed by atoms with Crippen LogP contribution in [0, 0.1) is 6.92 Å². The lowest BCUT2D eigenvalue weighted by Gasteiger charge is -2.25. The molecule has 0 amide bonds. The van der Waals surface area contributed by atoms with E-state index < -0.39 is 0 Å². The average molecular weight is 353 g/mol. The van der Waals surface area contributed by atoms with Crippen molar-refractivity contribution in [3.8, 4) is 11.6 Å². The first-order chi connectivity index (χ1) is 12.5.